The van der Waals surface area contributed by atoms with Crippen molar-refractivity contribution in [3.8, 4) is 11.1 Å². The molecule has 1 aliphatic rings. The molecule has 0 bridgehead atoms. The highest BCUT2D eigenvalue weighted by Gasteiger charge is 2.38. The van der Waals surface area contributed by atoms with E-state index in [4.69, 9.17) is 9.47 Å². The average Bonchev–Trinajstić information content (AvgIpc) is 3.45. The standard InChI is InChI=1S/C43H44N2O4S/c1-42(2,3)49-40(46)28-44-27-34(45-41(47)48-29-39-37-25-15-13-23-35(37)36-24-14-16-26-38(36)39)30-50-43(31-17-7-4-8-18-31,32-19-9-5-10-20-32)33-21-11-6-12-22-33/h4-26,34,39,44H,27-30H2,1-3H3,(H,45,47)/t34-/m1/s1. The minimum absolute atomic E-state index is 0.0198. The third kappa shape index (κ3) is 8.12. The van der Waals surface area contributed by atoms with Gasteiger partial charge < -0.3 is 20.1 Å². The predicted molar refractivity (Wildman–Crippen MR) is 202 cm³/mol. The Balaban J connectivity index is 1.24. The van der Waals surface area contributed by atoms with Crippen molar-refractivity contribution >= 4 is 23.8 Å². The number of benzene rings is 5. The summed E-state index contributed by atoms with van der Waals surface area (Å²) in [5.74, 6) is 0.120. The van der Waals surface area contributed by atoms with Crippen LogP contribution in [0.5, 0.6) is 0 Å². The van der Waals surface area contributed by atoms with Crippen LogP contribution in [0.25, 0.3) is 11.1 Å². The number of hydrogen-bond donors (Lipinski definition) is 2. The summed E-state index contributed by atoms with van der Waals surface area (Å²) in [6.07, 6.45) is -0.499. The Labute approximate surface area is 299 Å². The van der Waals surface area contributed by atoms with E-state index in [0.29, 0.717) is 12.3 Å². The van der Waals surface area contributed by atoms with Crippen molar-refractivity contribution in [2.75, 3.05) is 25.4 Å². The zero-order valence-electron chi connectivity index (χ0n) is 28.8. The summed E-state index contributed by atoms with van der Waals surface area (Å²) in [4.78, 5) is 26.2. The summed E-state index contributed by atoms with van der Waals surface area (Å²) < 4.78 is 10.9. The number of carbonyl (C=O) groups excluding carboxylic acids is 2. The molecule has 5 aromatic rings. The number of esters is 1. The highest BCUT2D eigenvalue weighted by atomic mass is 32.2. The maximum Gasteiger partial charge on any atom is 0.407 e. The van der Waals surface area contributed by atoms with Crippen molar-refractivity contribution in [2.24, 2.45) is 0 Å². The predicted octanol–water partition coefficient (Wildman–Crippen LogP) is 8.55. The monoisotopic (exact) mass is 684 g/mol. The lowest BCUT2D eigenvalue weighted by atomic mass is 9.84. The Hall–Kier alpha value is -4.85. The molecule has 6 nitrogen and oxygen atoms in total. The average molecular weight is 685 g/mol. The van der Waals surface area contributed by atoms with E-state index in [9.17, 15) is 9.59 Å². The summed E-state index contributed by atoms with van der Waals surface area (Å²) in [5, 5.41) is 6.38. The second-order valence-electron chi connectivity index (χ2n) is 13.5. The lowest BCUT2D eigenvalue weighted by molar-refractivity contribution is -0.153. The molecule has 1 amide bonds. The summed E-state index contributed by atoms with van der Waals surface area (Å²) in [6, 6.07) is 47.6. The lowest BCUT2D eigenvalue weighted by Crippen LogP contribution is -2.46. The SMILES string of the molecule is CC(C)(C)OC(=O)CNC[C@H](CSC(c1ccccc1)(c1ccccc1)c1ccccc1)NC(=O)OCC1c2ccccc2-c2ccccc21. The molecule has 50 heavy (non-hydrogen) atoms. The third-order valence-corrected chi connectivity index (χ3v) is 10.5. The second kappa shape index (κ2) is 15.8. The normalized spacial score (nSPS) is 13.2. The molecule has 0 saturated carbocycles. The zero-order chi connectivity index (χ0) is 35.0. The molecular weight excluding hydrogens is 641 g/mol. The molecule has 256 valence electrons. The van der Waals surface area contributed by atoms with E-state index in [2.05, 4.69) is 108 Å². The van der Waals surface area contributed by atoms with Gasteiger partial charge >= 0.3 is 12.1 Å². The Bertz CT molecular complexity index is 1730. The van der Waals surface area contributed by atoms with Gasteiger partial charge in [-0.3, -0.25) is 4.79 Å². The van der Waals surface area contributed by atoms with Crippen molar-refractivity contribution < 1.29 is 19.1 Å². The van der Waals surface area contributed by atoms with Gasteiger partial charge in [-0.25, -0.2) is 4.79 Å². The van der Waals surface area contributed by atoms with Gasteiger partial charge in [-0.15, -0.1) is 11.8 Å². The molecule has 0 heterocycles. The Morgan fingerprint density at radius 1 is 0.680 bits per heavy atom. The van der Waals surface area contributed by atoms with Gasteiger partial charge in [0.1, 0.15) is 12.2 Å². The van der Waals surface area contributed by atoms with Crippen LogP contribution in [0.2, 0.25) is 0 Å². The van der Waals surface area contributed by atoms with Gasteiger partial charge in [0.15, 0.2) is 0 Å². The van der Waals surface area contributed by atoms with Crippen LogP contribution in [-0.2, 0) is 19.0 Å². The first-order valence-electron chi connectivity index (χ1n) is 17.1. The first-order chi connectivity index (χ1) is 24.2. The molecule has 0 unspecified atom stereocenters. The molecular formula is C43H44N2O4S. The fourth-order valence-electron chi connectivity index (χ4n) is 6.68. The van der Waals surface area contributed by atoms with Gasteiger partial charge in [-0.1, -0.05) is 140 Å². The molecule has 0 aromatic heterocycles. The number of nitrogens with one attached hydrogen (secondary N) is 2. The summed E-state index contributed by atoms with van der Waals surface area (Å²) in [6.45, 7) is 6.11. The Morgan fingerprint density at radius 2 is 1.14 bits per heavy atom. The molecule has 0 saturated heterocycles. The maximum absolute atomic E-state index is 13.6. The van der Waals surface area contributed by atoms with E-state index in [1.807, 2.05) is 63.2 Å². The van der Waals surface area contributed by atoms with Crippen LogP contribution in [0.15, 0.2) is 140 Å². The van der Waals surface area contributed by atoms with Crippen LogP contribution in [-0.4, -0.2) is 49.2 Å². The van der Waals surface area contributed by atoms with Crippen LogP contribution in [0.3, 0.4) is 0 Å². The van der Waals surface area contributed by atoms with Crippen molar-refractivity contribution in [1.29, 1.82) is 0 Å². The number of fused-ring (bicyclic) bond motifs is 3. The van der Waals surface area contributed by atoms with Crippen molar-refractivity contribution in [3.63, 3.8) is 0 Å². The van der Waals surface area contributed by atoms with E-state index < -0.39 is 16.4 Å². The van der Waals surface area contributed by atoms with E-state index in [1.54, 1.807) is 11.8 Å². The number of hydrogen-bond acceptors (Lipinski definition) is 6. The van der Waals surface area contributed by atoms with Gasteiger partial charge in [-0.05, 0) is 59.7 Å². The van der Waals surface area contributed by atoms with Gasteiger partial charge in [0.2, 0.25) is 0 Å². The van der Waals surface area contributed by atoms with Crippen LogP contribution >= 0.6 is 11.8 Å². The van der Waals surface area contributed by atoms with Crippen molar-refractivity contribution in [2.45, 2.75) is 43.1 Å². The quantitative estimate of drug-likeness (QED) is 0.0957. The van der Waals surface area contributed by atoms with Gasteiger partial charge in [-0.2, -0.15) is 0 Å². The lowest BCUT2D eigenvalue weighted by Gasteiger charge is -2.36. The third-order valence-electron chi connectivity index (χ3n) is 8.79. The highest BCUT2D eigenvalue weighted by molar-refractivity contribution is 8.00. The molecule has 5 aromatic carbocycles. The largest absolute Gasteiger partial charge is 0.459 e. The van der Waals surface area contributed by atoms with E-state index in [-0.39, 0.29) is 31.1 Å². The highest BCUT2D eigenvalue weighted by Crippen LogP contribution is 2.49. The minimum atomic E-state index is -0.589. The Kier molecular flexibility index (Phi) is 11.1. The molecule has 7 heteroatoms. The molecule has 2 N–H and O–H groups in total. The second-order valence-corrected chi connectivity index (χ2v) is 14.7. The van der Waals surface area contributed by atoms with Crippen molar-refractivity contribution in [1.82, 2.24) is 10.6 Å². The van der Waals surface area contributed by atoms with Crippen LogP contribution < -0.4 is 10.6 Å². The molecule has 1 aliphatic carbocycles. The first-order valence-corrected chi connectivity index (χ1v) is 18.1. The molecule has 0 radical (unpaired) electrons. The molecule has 6 rings (SSSR count). The van der Waals surface area contributed by atoms with Gasteiger partial charge in [0.25, 0.3) is 0 Å². The fourth-order valence-corrected chi connectivity index (χ4v) is 8.24. The van der Waals surface area contributed by atoms with E-state index in [0.717, 1.165) is 27.8 Å². The minimum Gasteiger partial charge on any atom is -0.459 e. The number of amides is 1. The van der Waals surface area contributed by atoms with Gasteiger partial charge in [0, 0.05) is 18.2 Å². The summed E-state index contributed by atoms with van der Waals surface area (Å²) in [5.41, 5.74) is 7.47. The number of thioether (sulfide) groups is 1. The number of rotatable bonds is 13. The first kappa shape index (κ1) is 35.0. The van der Waals surface area contributed by atoms with Crippen molar-refractivity contribution in [3.05, 3.63) is 167 Å². The Morgan fingerprint density at radius 3 is 1.62 bits per heavy atom. The van der Waals surface area contributed by atoms with Crippen LogP contribution in [0, 0.1) is 0 Å². The zero-order valence-corrected chi connectivity index (χ0v) is 29.6. The van der Waals surface area contributed by atoms with Gasteiger partial charge in [0.05, 0.1) is 17.3 Å². The maximum atomic E-state index is 13.6. The number of ether oxygens (including phenoxy) is 2. The number of alkyl carbamates (subject to hydrolysis) is 1. The number of carbonyl (C=O) groups is 2. The molecule has 1 atom stereocenters. The molecule has 0 fully saturated rings. The van der Waals surface area contributed by atoms with Crippen LogP contribution in [0.4, 0.5) is 4.79 Å². The summed E-state index contributed by atoms with van der Waals surface area (Å²) in [7, 11) is 0. The molecule has 0 aliphatic heterocycles. The van der Waals surface area contributed by atoms with E-state index in [1.165, 1.54) is 11.1 Å². The molecule has 0 spiro atoms. The van der Waals surface area contributed by atoms with E-state index >= 15 is 0 Å². The smallest absolute Gasteiger partial charge is 0.407 e. The fraction of sp³-hybridized carbons (Fsp3) is 0.256. The topological polar surface area (TPSA) is 76.7 Å². The summed E-state index contributed by atoms with van der Waals surface area (Å²) >= 11 is 1.75. The van der Waals surface area contributed by atoms with Crippen LogP contribution in [0.1, 0.15) is 54.5 Å².